The number of carbonyl (C=O) groups excluding carboxylic acids is 1. The number of halogens is 1. The van der Waals surface area contributed by atoms with E-state index in [4.69, 9.17) is 0 Å². The smallest absolute Gasteiger partial charge is 0.278 e. The third-order valence-electron chi connectivity index (χ3n) is 4.06. The van der Waals surface area contributed by atoms with E-state index < -0.39 is 0 Å². The maximum Gasteiger partial charge on any atom is 0.278 e. The molecule has 0 aliphatic carbocycles. The predicted octanol–water partition coefficient (Wildman–Crippen LogP) is 4.37. The van der Waals surface area contributed by atoms with Gasteiger partial charge in [0.15, 0.2) is 16.5 Å². The molecule has 0 unspecified atom stereocenters. The van der Waals surface area contributed by atoms with Gasteiger partial charge < -0.3 is 0 Å². The van der Waals surface area contributed by atoms with Crippen molar-refractivity contribution < 1.29 is 9.18 Å². The number of aromatic nitrogens is 4. The van der Waals surface area contributed by atoms with Gasteiger partial charge in [-0.1, -0.05) is 13.8 Å². The van der Waals surface area contributed by atoms with Gasteiger partial charge in [0.05, 0.1) is 11.4 Å². The first kappa shape index (κ1) is 17.3. The van der Waals surface area contributed by atoms with Crippen molar-refractivity contribution in [3.05, 3.63) is 65.2 Å². The van der Waals surface area contributed by atoms with Crippen LogP contribution in [0, 0.1) is 5.82 Å². The normalized spacial score (nSPS) is 11.3. The lowest BCUT2D eigenvalue weighted by molar-refractivity contribution is 0.102. The summed E-state index contributed by atoms with van der Waals surface area (Å²) < 4.78 is 14.8. The molecular weight excluding hydrogens is 365 g/mol. The molecule has 1 amide bonds. The van der Waals surface area contributed by atoms with Crippen LogP contribution in [0.3, 0.4) is 0 Å². The third kappa shape index (κ3) is 3.43. The summed E-state index contributed by atoms with van der Waals surface area (Å²) in [6.45, 7) is 4.09. The molecule has 0 radical (unpaired) electrons. The first-order valence-corrected chi connectivity index (χ1v) is 9.27. The monoisotopic (exact) mass is 381 g/mol. The molecule has 0 atom stereocenters. The number of hydrogen-bond acceptors (Lipinski definition) is 5. The molecule has 1 N–H and O–H groups in total. The summed E-state index contributed by atoms with van der Waals surface area (Å²) in [5.41, 5.74) is 3.20. The van der Waals surface area contributed by atoms with E-state index in [0.717, 1.165) is 17.0 Å². The summed E-state index contributed by atoms with van der Waals surface area (Å²) >= 11 is 1.38. The van der Waals surface area contributed by atoms with Crippen molar-refractivity contribution >= 4 is 28.0 Å². The molecule has 136 valence electrons. The highest BCUT2D eigenvalue weighted by Gasteiger charge is 2.16. The first-order chi connectivity index (χ1) is 13.0. The summed E-state index contributed by atoms with van der Waals surface area (Å²) in [5, 5.41) is 9.61. The topological polar surface area (TPSA) is 72.2 Å². The zero-order valence-electron chi connectivity index (χ0n) is 14.7. The summed E-state index contributed by atoms with van der Waals surface area (Å²) in [5.74, 6) is -0.367. The maximum atomic E-state index is 13.2. The highest BCUT2D eigenvalue weighted by molar-refractivity contribution is 7.14. The molecule has 3 heterocycles. The van der Waals surface area contributed by atoms with Crippen LogP contribution in [0.15, 0.2) is 48.0 Å². The summed E-state index contributed by atoms with van der Waals surface area (Å²) in [7, 11) is 0. The van der Waals surface area contributed by atoms with Crippen LogP contribution in [0.1, 0.15) is 35.9 Å². The van der Waals surface area contributed by atoms with Crippen LogP contribution < -0.4 is 5.32 Å². The average Bonchev–Trinajstić information content (AvgIpc) is 3.29. The minimum Gasteiger partial charge on any atom is -0.296 e. The van der Waals surface area contributed by atoms with Crippen molar-refractivity contribution in [1.82, 2.24) is 19.6 Å². The molecule has 0 aliphatic rings. The van der Waals surface area contributed by atoms with Crippen LogP contribution in [0.4, 0.5) is 9.52 Å². The Labute approximate surface area is 158 Å². The lowest BCUT2D eigenvalue weighted by Gasteiger charge is -2.04. The lowest BCUT2D eigenvalue weighted by atomic mass is 10.1. The highest BCUT2D eigenvalue weighted by Crippen LogP contribution is 2.23. The molecule has 8 heteroatoms. The molecule has 0 saturated heterocycles. The van der Waals surface area contributed by atoms with E-state index in [-0.39, 0.29) is 17.4 Å². The number of hydrogen-bond donors (Lipinski definition) is 1. The van der Waals surface area contributed by atoms with Gasteiger partial charge in [-0.2, -0.15) is 5.10 Å². The van der Waals surface area contributed by atoms with Crippen LogP contribution in [0.2, 0.25) is 0 Å². The Balaban J connectivity index is 1.65. The molecule has 0 aliphatic heterocycles. The number of amides is 1. The number of nitrogens with zero attached hydrogens (tertiary/aromatic N) is 4. The van der Waals surface area contributed by atoms with E-state index >= 15 is 0 Å². The Morgan fingerprint density at radius 3 is 2.70 bits per heavy atom. The molecule has 4 rings (SSSR count). The predicted molar refractivity (Wildman–Crippen MR) is 103 cm³/mol. The van der Waals surface area contributed by atoms with Gasteiger partial charge in [0.1, 0.15) is 5.82 Å². The standard InChI is InChI=1S/C19H16FN5OS/c1-11(2)15-10-27-19(22-15)23-18(26)14-9-17-21-8-7-16(25(17)24-14)12-3-5-13(20)6-4-12/h3-11H,1-2H3,(H,22,23,26). The second-order valence-electron chi connectivity index (χ2n) is 6.32. The Hall–Kier alpha value is -3.13. The van der Waals surface area contributed by atoms with Crippen molar-refractivity contribution in [2.45, 2.75) is 19.8 Å². The molecule has 3 aromatic heterocycles. The van der Waals surface area contributed by atoms with Crippen LogP contribution in [-0.4, -0.2) is 25.5 Å². The second-order valence-corrected chi connectivity index (χ2v) is 7.18. The Morgan fingerprint density at radius 1 is 1.22 bits per heavy atom. The molecule has 0 fully saturated rings. The van der Waals surface area contributed by atoms with Crippen LogP contribution in [0.5, 0.6) is 0 Å². The van der Waals surface area contributed by atoms with E-state index in [9.17, 15) is 9.18 Å². The van der Waals surface area contributed by atoms with Crippen molar-refractivity contribution in [1.29, 1.82) is 0 Å². The molecule has 1 aromatic carbocycles. The van der Waals surface area contributed by atoms with E-state index in [1.54, 1.807) is 35.0 Å². The first-order valence-electron chi connectivity index (χ1n) is 8.39. The minimum absolute atomic E-state index is 0.235. The number of anilines is 1. The molecule has 0 saturated carbocycles. The van der Waals surface area contributed by atoms with Crippen molar-refractivity contribution in [3.8, 4) is 11.3 Å². The number of rotatable bonds is 4. The molecule has 0 bridgehead atoms. The van der Waals surface area contributed by atoms with Gasteiger partial charge >= 0.3 is 0 Å². The van der Waals surface area contributed by atoms with Crippen molar-refractivity contribution in [2.75, 3.05) is 5.32 Å². The summed E-state index contributed by atoms with van der Waals surface area (Å²) in [6, 6.07) is 9.47. The highest BCUT2D eigenvalue weighted by atomic mass is 32.1. The van der Waals surface area contributed by atoms with Crippen molar-refractivity contribution in [2.24, 2.45) is 0 Å². The van der Waals surface area contributed by atoms with Crippen molar-refractivity contribution in [3.63, 3.8) is 0 Å². The van der Waals surface area contributed by atoms with Gasteiger partial charge in [0, 0.05) is 23.2 Å². The fraction of sp³-hybridized carbons (Fsp3) is 0.158. The lowest BCUT2D eigenvalue weighted by Crippen LogP contribution is -2.12. The molecular formula is C19H16FN5OS. The maximum absolute atomic E-state index is 13.2. The largest absolute Gasteiger partial charge is 0.296 e. The molecule has 4 aromatic rings. The second kappa shape index (κ2) is 6.88. The fourth-order valence-corrected chi connectivity index (χ4v) is 3.48. The van der Waals surface area contributed by atoms with Crippen LogP contribution in [0.25, 0.3) is 16.9 Å². The quantitative estimate of drug-likeness (QED) is 0.570. The van der Waals surface area contributed by atoms with Gasteiger partial charge in [0.25, 0.3) is 5.91 Å². The Kier molecular flexibility index (Phi) is 4.41. The van der Waals surface area contributed by atoms with E-state index in [1.165, 1.54) is 23.5 Å². The number of nitrogens with one attached hydrogen (secondary N) is 1. The summed E-state index contributed by atoms with van der Waals surface area (Å²) in [6.07, 6.45) is 1.63. The molecule has 27 heavy (non-hydrogen) atoms. The number of thiazole rings is 1. The SMILES string of the molecule is CC(C)c1csc(NC(=O)c2cc3nccc(-c4ccc(F)cc4)n3n2)n1. The van der Waals surface area contributed by atoms with E-state index in [1.807, 2.05) is 19.2 Å². The molecule has 6 nitrogen and oxygen atoms in total. The number of fused-ring (bicyclic) bond motifs is 1. The van der Waals surface area contributed by atoms with Gasteiger partial charge in [-0.25, -0.2) is 18.9 Å². The Bertz CT molecular complexity index is 1120. The van der Waals surface area contributed by atoms with E-state index in [2.05, 4.69) is 20.4 Å². The van der Waals surface area contributed by atoms with Crippen LogP contribution in [-0.2, 0) is 0 Å². The number of carbonyl (C=O) groups is 1. The van der Waals surface area contributed by atoms with Gasteiger partial charge in [-0.05, 0) is 36.2 Å². The third-order valence-corrected chi connectivity index (χ3v) is 4.84. The van der Waals surface area contributed by atoms with Gasteiger partial charge in [-0.3, -0.25) is 10.1 Å². The van der Waals surface area contributed by atoms with Gasteiger partial charge in [-0.15, -0.1) is 11.3 Å². The Morgan fingerprint density at radius 2 is 2.00 bits per heavy atom. The molecule has 0 spiro atoms. The number of benzene rings is 1. The zero-order valence-corrected chi connectivity index (χ0v) is 15.5. The zero-order chi connectivity index (χ0) is 19.0. The fourth-order valence-electron chi connectivity index (χ4n) is 2.62. The minimum atomic E-state index is -0.352. The average molecular weight is 381 g/mol. The van der Waals surface area contributed by atoms with Crippen LogP contribution >= 0.6 is 11.3 Å². The van der Waals surface area contributed by atoms with Gasteiger partial charge in [0.2, 0.25) is 0 Å². The van der Waals surface area contributed by atoms with E-state index in [0.29, 0.717) is 16.7 Å². The summed E-state index contributed by atoms with van der Waals surface area (Å²) in [4.78, 5) is 21.2.